The molecule has 0 aliphatic carbocycles. The van der Waals surface area contributed by atoms with Gasteiger partial charge in [-0.25, -0.2) is 9.18 Å². The molecule has 3 aromatic carbocycles. The summed E-state index contributed by atoms with van der Waals surface area (Å²) in [4.78, 5) is 11.9. The second-order valence-electron chi connectivity index (χ2n) is 6.69. The molecular weight excluding hydrogens is 357 g/mol. The quantitative estimate of drug-likeness (QED) is 0.700. The number of carbonyl (C=O) groups excluding carboxylic acids is 1. The SMILES string of the molecule is O=C(NCC1Cc2cccc(-c3ccc(F)cc3)c2O1)OCc1ccccc1. The first-order chi connectivity index (χ1) is 13.7. The average molecular weight is 377 g/mol. The van der Waals surface area contributed by atoms with Crippen molar-refractivity contribution in [1.82, 2.24) is 5.32 Å². The fourth-order valence-corrected chi connectivity index (χ4v) is 3.28. The molecule has 0 spiro atoms. The van der Waals surface area contributed by atoms with Crippen LogP contribution in [0.1, 0.15) is 11.1 Å². The normalized spacial score (nSPS) is 14.8. The monoisotopic (exact) mass is 377 g/mol. The van der Waals surface area contributed by atoms with E-state index >= 15 is 0 Å². The second kappa shape index (κ2) is 8.13. The van der Waals surface area contributed by atoms with Crippen LogP contribution in [-0.2, 0) is 17.8 Å². The zero-order chi connectivity index (χ0) is 19.3. The van der Waals surface area contributed by atoms with E-state index in [1.165, 1.54) is 12.1 Å². The van der Waals surface area contributed by atoms with E-state index in [1.807, 2.05) is 48.5 Å². The summed E-state index contributed by atoms with van der Waals surface area (Å²) in [7, 11) is 0. The second-order valence-corrected chi connectivity index (χ2v) is 6.69. The van der Waals surface area contributed by atoms with E-state index in [9.17, 15) is 9.18 Å². The molecule has 142 valence electrons. The minimum Gasteiger partial charge on any atom is -0.487 e. The van der Waals surface area contributed by atoms with Gasteiger partial charge >= 0.3 is 6.09 Å². The summed E-state index contributed by atoms with van der Waals surface area (Å²) in [5, 5.41) is 2.76. The van der Waals surface area contributed by atoms with Crippen LogP contribution in [0.15, 0.2) is 72.8 Å². The number of carbonyl (C=O) groups is 1. The van der Waals surface area contributed by atoms with Crippen molar-refractivity contribution in [2.75, 3.05) is 6.54 Å². The summed E-state index contributed by atoms with van der Waals surface area (Å²) < 4.78 is 24.5. The summed E-state index contributed by atoms with van der Waals surface area (Å²) >= 11 is 0. The van der Waals surface area contributed by atoms with Crippen LogP contribution in [0.25, 0.3) is 11.1 Å². The van der Waals surface area contributed by atoms with Gasteiger partial charge in [-0.1, -0.05) is 60.7 Å². The Morgan fingerprint density at radius 2 is 1.82 bits per heavy atom. The van der Waals surface area contributed by atoms with Crippen molar-refractivity contribution in [2.45, 2.75) is 19.1 Å². The van der Waals surface area contributed by atoms with Gasteiger partial charge in [0.2, 0.25) is 0 Å². The first-order valence-electron chi connectivity index (χ1n) is 9.18. The third-order valence-electron chi connectivity index (χ3n) is 4.67. The van der Waals surface area contributed by atoms with E-state index in [2.05, 4.69) is 5.32 Å². The van der Waals surface area contributed by atoms with Crippen molar-refractivity contribution in [3.63, 3.8) is 0 Å². The lowest BCUT2D eigenvalue weighted by atomic mass is 10.0. The lowest BCUT2D eigenvalue weighted by molar-refractivity contribution is 0.133. The van der Waals surface area contributed by atoms with Gasteiger partial charge in [-0.2, -0.15) is 0 Å². The molecule has 4 nitrogen and oxygen atoms in total. The lowest BCUT2D eigenvalue weighted by Gasteiger charge is -2.14. The molecule has 0 fully saturated rings. The number of alkyl carbamates (subject to hydrolysis) is 1. The predicted octanol–water partition coefficient (Wildman–Crippen LogP) is 4.72. The maximum atomic E-state index is 13.2. The Kier molecular flexibility index (Phi) is 5.24. The molecule has 4 rings (SSSR count). The number of hydrogen-bond donors (Lipinski definition) is 1. The molecule has 1 aliphatic rings. The third kappa shape index (κ3) is 4.14. The smallest absolute Gasteiger partial charge is 0.407 e. The standard InChI is InChI=1S/C23H20FNO3/c24-19-11-9-17(10-12-19)21-8-4-7-18-13-20(28-22(18)21)14-25-23(26)27-15-16-5-2-1-3-6-16/h1-12,20H,13-15H2,(H,25,26). The van der Waals surface area contributed by atoms with Crippen LogP contribution in [0.2, 0.25) is 0 Å². The number of ether oxygens (including phenoxy) is 2. The first-order valence-corrected chi connectivity index (χ1v) is 9.18. The Morgan fingerprint density at radius 3 is 2.61 bits per heavy atom. The third-order valence-corrected chi connectivity index (χ3v) is 4.67. The molecule has 0 saturated heterocycles. The minimum absolute atomic E-state index is 0.166. The Hall–Kier alpha value is -3.34. The number of hydrogen-bond acceptors (Lipinski definition) is 3. The van der Waals surface area contributed by atoms with Gasteiger partial charge in [-0.05, 0) is 28.8 Å². The van der Waals surface area contributed by atoms with Gasteiger partial charge in [0.1, 0.15) is 24.3 Å². The van der Waals surface area contributed by atoms with Gasteiger partial charge in [0.05, 0.1) is 6.54 Å². The molecule has 1 N–H and O–H groups in total. The molecule has 1 heterocycles. The number of halogens is 1. The number of benzene rings is 3. The van der Waals surface area contributed by atoms with Crippen molar-refractivity contribution in [3.8, 4) is 16.9 Å². The van der Waals surface area contributed by atoms with Gasteiger partial charge in [-0.3, -0.25) is 0 Å². The van der Waals surface area contributed by atoms with E-state index in [0.29, 0.717) is 13.0 Å². The number of rotatable bonds is 5. The van der Waals surface area contributed by atoms with Crippen LogP contribution in [-0.4, -0.2) is 18.7 Å². The van der Waals surface area contributed by atoms with Crippen molar-refractivity contribution in [3.05, 3.63) is 89.7 Å². The highest BCUT2D eigenvalue weighted by Crippen LogP contribution is 2.38. The molecule has 0 radical (unpaired) electrons. The molecular formula is C23H20FNO3. The van der Waals surface area contributed by atoms with E-state index in [0.717, 1.165) is 28.0 Å². The van der Waals surface area contributed by atoms with Crippen molar-refractivity contribution in [2.24, 2.45) is 0 Å². The van der Waals surface area contributed by atoms with Gasteiger partial charge in [0.15, 0.2) is 0 Å². The van der Waals surface area contributed by atoms with E-state index in [1.54, 1.807) is 12.1 Å². The number of amides is 1. The van der Waals surface area contributed by atoms with Crippen molar-refractivity contribution in [1.29, 1.82) is 0 Å². The Morgan fingerprint density at radius 1 is 1.04 bits per heavy atom. The highest BCUT2D eigenvalue weighted by Gasteiger charge is 2.26. The molecule has 1 aliphatic heterocycles. The Balaban J connectivity index is 1.34. The number of fused-ring (bicyclic) bond motifs is 1. The van der Waals surface area contributed by atoms with Gasteiger partial charge in [0, 0.05) is 12.0 Å². The lowest BCUT2D eigenvalue weighted by Crippen LogP contribution is -2.34. The molecule has 5 heteroatoms. The molecule has 1 unspecified atom stereocenters. The zero-order valence-electron chi connectivity index (χ0n) is 15.2. The molecule has 0 aromatic heterocycles. The maximum Gasteiger partial charge on any atom is 0.407 e. The molecule has 3 aromatic rings. The van der Waals surface area contributed by atoms with Crippen molar-refractivity contribution >= 4 is 6.09 Å². The van der Waals surface area contributed by atoms with Crippen molar-refractivity contribution < 1.29 is 18.7 Å². The topological polar surface area (TPSA) is 47.6 Å². The first kappa shape index (κ1) is 18.0. The van der Waals surface area contributed by atoms with Crippen LogP contribution in [0.3, 0.4) is 0 Å². The molecule has 28 heavy (non-hydrogen) atoms. The molecule has 1 amide bonds. The Labute approximate surface area is 162 Å². The maximum absolute atomic E-state index is 13.2. The van der Waals surface area contributed by atoms with Crippen LogP contribution < -0.4 is 10.1 Å². The van der Waals surface area contributed by atoms with Crippen LogP contribution in [0, 0.1) is 5.82 Å². The highest BCUT2D eigenvalue weighted by molar-refractivity contribution is 5.73. The summed E-state index contributed by atoms with van der Waals surface area (Å²) in [5.74, 6) is 0.520. The predicted molar refractivity (Wildman–Crippen MR) is 105 cm³/mol. The Bertz CT molecular complexity index is 957. The highest BCUT2D eigenvalue weighted by atomic mass is 19.1. The van der Waals surface area contributed by atoms with Crippen LogP contribution >= 0.6 is 0 Å². The van der Waals surface area contributed by atoms with E-state index in [4.69, 9.17) is 9.47 Å². The zero-order valence-corrected chi connectivity index (χ0v) is 15.2. The van der Waals surface area contributed by atoms with E-state index < -0.39 is 6.09 Å². The number of para-hydroxylation sites is 1. The fourth-order valence-electron chi connectivity index (χ4n) is 3.28. The molecule has 0 saturated carbocycles. The van der Waals surface area contributed by atoms with Gasteiger partial charge in [-0.15, -0.1) is 0 Å². The summed E-state index contributed by atoms with van der Waals surface area (Å²) in [6.07, 6.45) is 0.0617. The molecule has 1 atom stereocenters. The number of nitrogens with one attached hydrogen (secondary N) is 1. The molecule has 0 bridgehead atoms. The van der Waals surface area contributed by atoms with Gasteiger partial charge < -0.3 is 14.8 Å². The fraction of sp³-hybridized carbons (Fsp3) is 0.174. The van der Waals surface area contributed by atoms with E-state index in [-0.39, 0.29) is 18.5 Å². The minimum atomic E-state index is -0.470. The average Bonchev–Trinajstić information content (AvgIpc) is 3.15. The largest absolute Gasteiger partial charge is 0.487 e. The van der Waals surface area contributed by atoms with Crippen LogP contribution in [0.5, 0.6) is 5.75 Å². The summed E-state index contributed by atoms with van der Waals surface area (Å²) in [6, 6.07) is 21.8. The summed E-state index contributed by atoms with van der Waals surface area (Å²) in [5.41, 5.74) is 3.83. The van der Waals surface area contributed by atoms with Gasteiger partial charge in [0.25, 0.3) is 0 Å². The van der Waals surface area contributed by atoms with Crippen LogP contribution in [0.4, 0.5) is 9.18 Å². The summed E-state index contributed by atoms with van der Waals surface area (Å²) in [6.45, 7) is 0.582.